The lowest BCUT2D eigenvalue weighted by molar-refractivity contribution is -0.112. The number of carbonyl (C=O) groups is 1. The Balaban J connectivity index is 3.01. The van der Waals surface area contributed by atoms with Gasteiger partial charge in [0.05, 0.1) is 0 Å². The van der Waals surface area contributed by atoms with Gasteiger partial charge in [-0.1, -0.05) is 18.2 Å². The first-order valence-corrected chi connectivity index (χ1v) is 4.56. The zero-order chi connectivity index (χ0) is 10.6. The molecule has 0 aliphatic rings. The second-order valence-electron chi connectivity index (χ2n) is 3.40. The first kappa shape index (κ1) is 10.5. The molecule has 0 bridgehead atoms. The summed E-state index contributed by atoms with van der Waals surface area (Å²) < 4.78 is 0. The van der Waals surface area contributed by atoms with Crippen molar-refractivity contribution in [2.24, 2.45) is 0 Å². The largest absolute Gasteiger partial charge is 0.377 e. The third-order valence-corrected chi connectivity index (χ3v) is 1.92. The molecule has 1 rings (SSSR count). The highest BCUT2D eigenvalue weighted by molar-refractivity contribution is 5.92. The van der Waals surface area contributed by atoms with Crippen LogP contribution < -0.4 is 4.90 Å². The predicted molar refractivity (Wildman–Crippen MR) is 60.5 cm³/mol. The average molecular weight is 189 g/mol. The number of para-hydroxylation sites is 1. The van der Waals surface area contributed by atoms with Gasteiger partial charge in [0.15, 0.2) is 5.78 Å². The van der Waals surface area contributed by atoms with Crippen LogP contribution in [0, 0.1) is 0 Å². The Morgan fingerprint density at radius 3 is 2.50 bits per heavy atom. The molecular formula is C12H15NO. The number of ketones is 1. The summed E-state index contributed by atoms with van der Waals surface area (Å²) in [6, 6.07) is 7.97. The van der Waals surface area contributed by atoms with Crippen LogP contribution in [0.25, 0.3) is 6.08 Å². The maximum Gasteiger partial charge on any atom is 0.152 e. The van der Waals surface area contributed by atoms with Crippen LogP contribution in [0.4, 0.5) is 5.69 Å². The number of hydrogen-bond donors (Lipinski definition) is 0. The molecule has 2 nitrogen and oxygen atoms in total. The van der Waals surface area contributed by atoms with Gasteiger partial charge in [0.25, 0.3) is 0 Å². The standard InChI is InChI=1S/C12H15NO/c1-10(14)8-9-11-6-4-5-7-12(11)13(2)3/h4-9H,1-3H3. The fourth-order valence-corrected chi connectivity index (χ4v) is 1.24. The molecule has 1 aromatic carbocycles. The lowest BCUT2D eigenvalue weighted by Crippen LogP contribution is -2.09. The number of benzene rings is 1. The Labute approximate surface area is 84.9 Å². The van der Waals surface area contributed by atoms with Crippen LogP contribution in [0.3, 0.4) is 0 Å². The topological polar surface area (TPSA) is 20.3 Å². The normalized spacial score (nSPS) is 10.5. The van der Waals surface area contributed by atoms with Gasteiger partial charge in [-0.15, -0.1) is 0 Å². The highest BCUT2D eigenvalue weighted by Crippen LogP contribution is 2.18. The van der Waals surface area contributed by atoms with Crippen molar-refractivity contribution in [3.63, 3.8) is 0 Å². The summed E-state index contributed by atoms with van der Waals surface area (Å²) in [5.41, 5.74) is 2.18. The highest BCUT2D eigenvalue weighted by atomic mass is 16.1. The molecule has 1 aromatic rings. The Bertz CT molecular complexity index is 353. The molecule has 0 fully saturated rings. The first-order chi connectivity index (χ1) is 6.61. The van der Waals surface area contributed by atoms with Gasteiger partial charge in [-0.05, 0) is 30.7 Å². The molecule has 0 atom stereocenters. The quantitative estimate of drug-likeness (QED) is 0.680. The minimum atomic E-state index is 0.0681. The van der Waals surface area contributed by atoms with Crippen molar-refractivity contribution in [2.75, 3.05) is 19.0 Å². The third kappa shape index (κ3) is 2.73. The SMILES string of the molecule is CC(=O)C=Cc1ccccc1N(C)C. The molecule has 0 aromatic heterocycles. The van der Waals surface area contributed by atoms with Gasteiger partial charge in [-0.2, -0.15) is 0 Å². The lowest BCUT2D eigenvalue weighted by Gasteiger charge is -2.14. The van der Waals surface area contributed by atoms with Gasteiger partial charge >= 0.3 is 0 Å². The lowest BCUT2D eigenvalue weighted by atomic mass is 10.1. The molecule has 0 unspecified atom stereocenters. The average Bonchev–Trinajstić information content (AvgIpc) is 2.15. The Morgan fingerprint density at radius 2 is 1.93 bits per heavy atom. The van der Waals surface area contributed by atoms with Crippen LogP contribution in [0.2, 0.25) is 0 Å². The molecule has 0 spiro atoms. The summed E-state index contributed by atoms with van der Waals surface area (Å²) in [5.74, 6) is 0.0681. The second kappa shape index (κ2) is 4.61. The molecule has 2 heteroatoms. The molecule has 0 amide bonds. The van der Waals surface area contributed by atoms with Gasteiger partial charge < -0.3 is 4.90 Å². The fraction of sp³-hybridized carbons (Fsp3) is 0.250. The van der Waals surface area contributed by atoms with E-state index < -0.39 is 0 Å². The van der Waals surface area contributed by atoms with Gasteiger partial charge in [0.1, 0.15) is 0 Å². The molecule has 0 aliphatic carbocycles. The van der Waals surface area contributed by atoms with E-state index in [9.17, 15) is 4.79 Å². The summed E-state index contributed by atoms with van der Waals surface area (Å²) in [4.78, 5) is 12.8. The van der Waals surface area contributed by atoms with Crippen LogP contribution >= 0.6 is 0 Å². The van der Waals surface area contributed by atoms with E-state index in [1.807, 2.05) is 49.3 Å². The van der Waals surface area contributed by atoms with E-state index in [-0.39, 0.29) is 5.78 Å². The van der Waals surface area contributed by atoms with E-state index >= 15 is 0 Å². The molecule has 0 radical (unpaired) electrons. The molecule has 0 heterocycles. The monoisotopic (exact) mass is 189 g/mol. The maximum atomic E-state index is 10.8. The van der Waals surface area contributed by atoms with E-state index in [2.05, 4.69) is 0 Å². The summed E-state index contributed by atoms with van der Waals surface area (Å²) in [6.07, 6.45) is 3.43. The zero-order valence-corrected chi connectivity index (χ0v) is 8.82. The molecule has 0 N–H and O–H groups in total. The Morgan fingerprint density at radius 1 is 1.29 bits per heavy atom. The summed E-state index contributed by atoms with van der Waals surface area (Å²) in [6.45, 7) is 1.55. The van der Waals surface area contributed by atoms with Gasteiger partial charge in [0, 0.05) is 19.8 Å². The van der Waals surface area contributed by atoms with Crippen molar-refractivity contribution in [1.82, 2.24) is 0 Å². The number of carbonyl (C=O) groups excluding carboxylic acids is 1. The molecule has 14 heavy (non-hydrogen) atoms. The third-order valence-electron chi connectivity index (χ3n) is 1.92. The molecule has 0 aliphatic heterocycles. The number of rotatable bonds is 3. The van der Waals surface area contributed by atoms with Crippen molar-refractivity contribution >= 4 is 17.5 Å². The summed E-state index contributed by atoms with van der Waals surface area (Å²) in [7, 11) is 3.97. The fourth-order valence-electron chi connectivity index (χ4n) is 1.24. The number of anilines is 1. The van der Waals surface area contributed by atoms with E-state index in [4.69, 9.17) is 0 Å². The zero-order valence-electron chi connectivity index (χ0n) is 8.82. The van der Waals surface area contributed by atoms with Crippen LogP contribution in [-0.2, 0) is 4.79 Å². The van der Waals surface area contributed by atoms with Crippen LogP contribution in [0.15, 0.2) is 30.3 Å². The van der Waals surface area contributed by atoms with E-state index in [1.165, 1.54) is 0 Å². The molecule has 0 saturated carbocycles. The maximum absolute atomic E-state index is 10.8. The summed E-state index contributed by atoms with van der Waals surface area (Å²) >= 11 is 0. The number of allylic oxidation sites excluding steroid dienone is 1. The Kier molecular flexibility index (Phi) is 3.46. The van der Waals surface area contributed by atoms with Gasteiger partial charge in [-0.3, -0.25) is 4.79 Å². The summed E-state index contributed by atoms with van der Waals surface area (Å²) in [5, 5.41) is 0. The highest BCUT2D eigenvalue weighted by Gasteiger charge is 1.99. The van der Waals surface area contributed by atoms with Gasteiger partial charge in [-0.25, -0.2) is 0 Å². The number of nitrogens with zero attached hydrogens (tertiary/aromatic N) is 1. The van der Waals surface area contributed by atoms with Crippen molar-refractivity contribution in [3.8, 4) is 0 Å². The predicted octanol–water partition coefficient (Wildman–Crippen LogP) is 2.35. The van der Waals surface area contributed by atoms with Crippen LogP contribution in [0.1, 0.15) is 12.5 Å². The second-order valence-corrected chi connectivity index (χ2v) is 3.40. The van der Waals surface area contributed by atoms with Crippen LogP contribution in [-0.4, -0.2) is 19.9 Å². The van der Waals surface area contributed by atoms with E-state index in [0.29, 0.717) is 0 Å². The minimum absolute atomic E-state index is 0.0681. The molecule has 0 saturated heterocycles. The van der Waals surface area contributed by atoms with E-state index in [1.54, 1.807) is 13.0 Å². The van der Waals surface area contributed by atoms with Crippen molar-refractivity contribution in [1.29, 1.82) is 0 Å². The smallest absolute Gasteiger partial charge is 0.152 e. The minimum Gasteiger partial charge on any atom is -0.377 e. The van der Waals surface area contributed by atoms with Gasteiger partial charge in [0.2, 0.25) is 0 Å². The van der Waals surface area contributed by atoms with Crippen molar-refractivity contribution < 1.29 is 4.79 Å². The van der Waals surface area contributed by atoms with Crippen LogP contribution in [0.5, 0.6) is 0 Å². The molecular weight excluding hydrogens is 174 g/mol. The van der Waals surface area contributed by atoms with Crippen molar-refractivity contribution in [2.45, 2.75) is 6.92 Å². The van der Waals surface area contributed by atoms with E-state index in [0.717, 1.165) is 11.3 Å². The first-order valence-electron chi connectivity index (χ1n) is 4.56. The van der Waals surface area contributed by atoms with Crippen molar-refractivity contribution in [3.05, 3.63) is 35.9 Å². The molecule has 74 valence electrons. The number of hydrogen-bond acceptors (Lipinski definition) is 2. The Hall–Kier alpha value is -1.57.